The minimum absolute atomic E-state index is 0.103. The van der Waals surface area contributed by atoms with Crippen molar-refractivity contribution in [3.8, 4) is 0 Å². The summed E-state index contributed by atoms with van der Waals surface area (Å²) in [6.07, 6.45) is 1.36. The fourth-order valence-corrected chi connectivity index (χ4v) is 2.64. The molecule has 2 rings (SSSR count). The Labute approximate surface area is 135 Å². The molecule has 1 aliphatic rings. The van der Waals surface area contributed by atoms with E-state index in [0.29, 0.717) is 45.0 Å². The maximum atomic E-state index is 12.2. The van der Waals surface area contributed by atoms with Crippen LogP contribution in [0.2, 0.25) is 0 Å². The van der Waals surface area contributed by atoms with Crippen LogP contribution in [0.25, 0.3) is 0 Å². The lowest BCUT2D eigenvalue weighted by molar-refractivity contribution is -0.141. The Morgan fingerprint density at radius 3 is 2.22 bits per heavy atom. The second-order valence-corrected chi connectivity index (χ2v) is 5.39. The molecule has 0 spiro atoms. The molecule has 7 heteroatoms. The first-order chi connectivity index (χ1) is 11.1. The van der Waals surface area contributed by atoms with Gasteiger partial charge in [0.25, 0.3) is 5.91 Å². The van der Waals surface area contributed by atoms with Crippen LogP contribution in [-0.2, 0) is 9.59 Å². The molecule has 1 aromatic heterocycles. The zero-order valence-electron chi connectivity index (χ0n) is 13.7. The molecule has 0 aliphatic carbocycles. The van der Waals surface area contributed by atoms with Gasteiger partial charge in [0, 0.05) is 39.3 Å². The van der Waals surface area contributed by atoms with Crippen molar-refractivity contribution in [2.24, 2.45) is 0 Å². The molecule has 1 aliphatic heterocycles. The van der Waals surface area contributed by atoms with Crippen LogP contribution in [-0.4, -0.2) is 71.7 Å². The average molecular weight is 321 g/mol. The maximum absolute atomic E-state index is 12.2. The van der Waals surface area contributed by atoms with E-state index in [0.717, 1.165) is 0 Å². The Kier molecular flexibility index (Phi) is 5.78. The molecule has 7 nitrogen and oxygen atoms in total. The Hall–Kier alpha value is -2.31. The van der Waals surface area contributed by atoms with Gasteiger partial charge < -0.3 is 19.1 Å². The zero-order chi connectivity index (χ0) is 16.8. The molecular formula is C16H23N3O4. The number of piperazine rings is 1. The molecule has 1 aromatic rings. The quantitative estimate of drug-likeness (QED) is 0.753. The molecule has 3 amide bonds. The minimum atomic E-state index is -0.174. The van der Waals surface area contributed by atoms with E-state index in [4.69, 9.17) is 4.42 Å². The van der Waals surface area contributed by atoms with Crippen LogP contribution in [0.4, 0.5) is 0 Å². The van der Waals surface area contributed by atoms with Gasteiger partial charge in [0.15, 0.2) is 5.76 Å². The molecular weight excluding hydrogens is 298 g/mol. The van der Waals surface area contributed by atoms with E-state index in [1.165, 1.54) is 6.26 Å². The van der Waals surface area contributed by atoms with Crippen LogP contribution < -0.4 is 0 Å². The van der Waals surface area contributed by atoms with E-state index < -0.39 is 0 Å². The van der Waals surface area contributed by atoms with Gasteiger partial charge in [-0.05, 0) is 26.0 Å². The molecule has 126 valence electrons. The molecule has 0 atom stereocenters. The second-order valence-electron chi connectivity index (χ2n) is 5.39. The summed E-state index contributed by atoms with van der Waals surface area (Å²) in [6, 6.07) is 3.30. The van der Waals surface area contributed by atoms with Crippen LogP contribution in [0.3, 0.4) is 0 Å². The van der Waals surface area contributed by atoms with Crippen molar-refractivity contribution in [1.82, 2.24) is 14.7 Å². The van der Waals surface area contributed by atoms with Crippen LogP contribution in [0.15, 0.2) is 22.8 Å². The first kappa shape index (κ1) is 17.1. The Bertz CT molecular complexity index is 544. The highest BCUT2D eigenvalue weighted by Gasteiger charge is 2.27. The lowest BCUT2D eigenvalue weighted by Gasteiger charge is -2.34. The summed E-state index contributed by atoms with van der Waals surface area (Å²) >= 11 is 0. The van der Waals surface area contributed by atoms with Crippen molar-refractivity contribution >= 4 is 17.7 Å². The summed E-state index contributed by atoms with van der Waals surface area (Å²) in [7, 11) is 0. The SMILES string of the molecule is CCN(CC)C(=O)CC(=O)N1CCN(C(=O)c2ccco2)CC1. The lowest BCUT2D eigenvalue weighted by atomic mass is 10.2. The molecule has 0 saturated carbocycles. The van der Waals surface area contributed by atoms with Crippen LogP contribution >= 0.6 is 0 Å². The fraction of sp³-hybridized carbons (Fsp3) is 0.562. The van der Waals surface area contributed by atoms with Gasteiger partial charge in [0.2, 0.25) is 11.8 Å². The van der Waals surface area contributed by atoms with Gasteiger partial charge in [0.05, 0.1) is 6.26 Å². The summed E-state index contributed by atoms with van der Waals surface area (Å²) in [6.45, 7) is 6.78. The maximum Gasteiger partial charge on any atom is 0.289 e. The van der Waals surface area contributed by atoms with Gasteiger partial charge >= 0.3 is 0 Å². The molecule has 23 heavy (non-hydrogen) atoms. The zero-order valence-corrected chi connectivity index (χ0v) is 13.7. The normalized spacial score (nSPS) is 14.7. The number of carbonyl (C=O) groups is 3. The number of hydrogen-bond donors (Lipinski definition) is 0. The minimum Gasteiger partial charge on any atom is -0.459 e. The summed E-state index contributed by atoms with van der Waals surface area (Å²) < 4.78 is 5.10. The standard InChI is InChI=1S/C16H23N3O4/c1-3-17(4-2)14(20)12-15(21)18-7-9-19(10-8-18)16(22)13-6-5-11-23-13/h5-6,11H,3-4,7-10,12H2,1-2H3. The number of hydrogen-bond acceptors (Lipinski definition) is 4. The first-order valence-corrected chi connectivity index (χ1v) is 7.95. The summed E-state index contributed by atoms with van der Waals surface area (Å²) in [5, 5.41) is 0. The third-order valence-corrected chi connectivity index (χ3v) is 4.07. The molecule has 1 saturated heterocycles. The van der Waals surface area contributed by atoms with Crippen molar-refractivity contribution < 1.29 is 18.8 Å². The van der Waals surface area contributed by atoms with Gasteiger partial charge in [0.1, 0.15) is 6.42 Å². The van der Waals surface area contributed by atoms with E-state index in [-0.39, 0.29) is 24.1 Å². The molecule has 0 unspecified atom stereocenters. The predicted octanol–water partition coefficient (Wildman–Crippen LogP) is 0.823. The van der Waals surface area contributed by atoms with E-state index in [1.54, 1.807) is 26.8 Å². The number of furan rings is 1. The van der Waals surface area contributed by atoms with Gasteiger partial charge in [-0.25, -0.2) is 0 Å². The average Bonchev–Trinajstić information content (AvgIpc) is 3.10. The van der Waals surface area contributed by atoms with E-state index >= 15 is 0 Å². The van der Waals surface area contributed by atoms with Crippen molar-refractivity contribution in [1.29, 1.82) is 0 Å². The smallest absolute Gasteiger partial charge is 0.289 e. The van der Waals surface area contributed by atoms with Crippen LogP contribution in [0.1, 0.15) is 30.8 Å². The summed E-state index contributed by atoms with van der Waals surface area (Å²) in [5.74, 6) is -0.177. The third kappa shape index (κ3) is 4.12. The molecule has 0 bridgehead atoms. The predicted molar refractivity (Wildman–Crippen MR) is 83.7 cm³/mol. The monoisotopic (exact) mass is 321 g/mol. The Morgan fingerprint density at radius 1 is 1.09 bits per heavy atom. The number of amides is 3. The van der Waals surface area contributed by atoms with Crippen LogP contribution in [0.5, 0.6) is 0 Å². The number of rotatable bonds is 5. The third-order valence-electron chi connectivity index (χ3n) is 4.07. The van der Waals surface area contributed by atoms with Crippen molar-refractivity contribution in [3.63, 3.8) is 0 Å². The molecule has 0 radical (unpaired) electrons. The Morgan fingerprint density at radius 2 is 1.70 bits per heavy atom. The molecule has 0 N–H and O–H groups in total. The van der Waals surface area contributed by atoms with E-state index in [9.17, 15) is 14.4 Å². The second kappa shape index (κ2) is 7.80. The molecule has 1 fully saturated rings. The fourth-order valence-electron chi connectivity index (χ4n) is 2.64. The van der Waals surface area contributed by atoms with Crippen molar-refractivity contribution in [3.05, 3.63) is 24.2 Å². The number of carbonyl (C=O) groups excluding carboxylic acids is 3. The van der Waals surface area contributed by atoms with E-state index in [1.807, 2.05) is 13.8 Å². The van der Waals surface area contributed by atoms with Gasteiger partial charge in [-0.2, -0.15) is 0 Å². The first-order valence-electron chi connectivity index (χ1n) is 7.95. The van der Waals surface area contributed by atoms with E-state index in [2.05, 4.69) is 0 Å². The van der Waals surface area contributed by atoms with Crippen LogP contribution in [0, 0.1) is 0 Å². The van der Waals surface area contributed by atoms with Gasteiger partial charge in [-0.1, -0.05) is 0 Å². The molecule has 2 heterocycles. The summed E-state index contributed by atoms with van der Waals surface area (Å²) in [4.78, 5) is 41.3. The summed E-state index contributed by atoms with van der Waals surface area (Å²) in [5.41, 5.74) is 0. The van der Waals surface area contributed by atoms with Gasteiger partial charge in [-0.3, -0.25) is 14.4 Å². The number of nitrogens with zero attached hydrogens (tertiary/aromatic N) is 3. The topological polar surface area (TPSA) is 74.1 Å². The highest BCUT2D eigenvalue weighted by Crippen LogP contribution is 2.10. The van der Waals surface area contributed by atoms with Crippen molar-refractivity contribution in [2.75, 3.05) is 39.3 Å². The molecule has 0 aromatic carbocycles. The largest absolute Gasteiger partial charge is 0.459 e. The Balaban J connectivity index is 1.83. The highest BCUT2D eigenvalue weighted by atomic mass is 16.3. The lowest BCUT2D eigenvalue weighted by Crippen LogP contribution is -2.51. The highest BCUT2D eigenvalue weighted by molar-refractivity contribution is 5.97. The van der Waals surface area contributed by atoms with Crippen molar-refractivity contribution in [2.45, 2.75) is 20.3 Å². The van der Waals surface area contributed by atoms with Gasteiger partial charge in [-0.15, -0.1) is 0 Å².